The number of ether oxygens (including phenoxy) is 1. The summed E-state index contributed by atoms with van der Waals surface area (Å²) in [5.41, 5.74) is 0.934. The van der Waals surface area contributed by atoms with Gasteiger partial charge in [0, 0.05) is 18.1 Å². The number of carbonyl (C=O) groups is 1. The van der Waals surface area contributed by atoms with Gasteiger partial charge in [-0.05, 0) is 31.0 Å². The van der Waals surface area contributed by atoms with Crippen molar-refractivity contribution in [3.05, 3.63) is 23.2 Å². The number of nitrogens with one attached hydrogen (secondary N) is 1. The molecule has 1 saturated carbocycles. The van der Waals surface area contributed by atoms with Crippen LogP contribution in [0.1, 0.15) is 32.1 Å². The molecule has 0 bridgehead atoms. The molecule has 1 aromatic rings. The van der Waals surface area contributed by atoms with Crippen LogP contribution in [0.25, 0.3) is 0 Å². The number of rotatable bonds is 2. The number of fused-ring (bicyclic) bond motifs is 1. The minimum Gasteiger partial charge on any atom is -0.477 e. The highest BCUT2D eigenvalue weighted by Gasteiger charge is 2.30. The molecule has 4 nitrogen and oxygen atoms in total. The Balaban J connectivity index is 1.67. The Hall–Kier alpha value is -1.42. The van der Waals surface area contributed by atoms with Crippen molar-refractivity contribution in [1.82, 2.24) is 5.32 Å². The van der Waals surface area contributed by atoms with E-state index in [-0.39, 0.29) is 5.91 Å². The first kappa shape index (κ1) is 14.5. The number of anilines is 1. The van der Waals surface area contributed by atoms with Crippen LogP contribution in [0.2, 0.25) is 5.02 Å². The van der Waals surface area contributed by atoms with Gasteiger partial charge in [-0.2, -0.15) is 0 Å². The van der Waals surface area contributed by atoms with Gasteiger partial charge in [0.1, 0.15) is 5.75 Å². The average Bonchev–Trinajstić information content (AvgIpc) is 2.49. The third kappa shape index (κ3) is 3.26. The molecule has 1 aliphatic carbocycles. The number of likely N-dealkylation sites (N-methyl/N-ethyl adjacent to an activating group) is 1. The number of amides is 1. The number of hydrogen-bond acceptors (Lipinski definition) is 3. The molecule has 3 rings (SSSR count). The van der Waals surface area contributed by atoms with E-state index in [9.17, 15) is 4.79 Å². The Labute approximate surface area is 130 Å². The molecule has 5 heteroatoms. The van der Waals surface area contributed by atoms with E-state index in [2.05, 4.69) is 5.32 Å². The molecule has 1 N–H and O–H groups in total. The lowest BCUT2D eigenvalue weighted by molar-refractivity contribution is -0.128. The highest BCUT2D eigenvalue weighted by atomic mass is 35.5. The van der Waals surface area contributed by atoms with E-state index >= 15 is 0 Å². The highest BCUT2D eigenvalue weighted by molar-refractivity contribution is 6.31. The second kappa shape index (κ2) is 6.14. The van der Waals surface area contributed by atoms with Gasteiger partial charge in [-0.15, -0.1) is 0 Å². The predicted octanol–water partition coefficient (Wildman–Crippen LogP) is 2.99. The van der Waals surface area contributed by atoms with E-state index in [0.29, 0.717) is 17.6 Å². The zero-order chi connectivity index (χ0) is 14.8. The van der Waals surface area contributed by atoms with Gasteiger partial charge in [-0.25, -0.2) is 0 Å². The third-order valence-electron chi connectivity index (χ3n) is 4.29. The van der Waals surface area contributed by atoms with Crippen molar-refractivity contribution in [3.63, 3.8) is 0 Å². The highest BCUT2D eigenvalue weighted by Crippen LogP contribution is 2.34. The molecule has 1 atom stereocenters. The standard InChI is InChI=1S/C16H21ClN2O2/c1-19-10-15(16(20)18-12-5-3-2-4-6-12)21-14-8-7-11(17)9-13(14)19/h7-9,12,15H,2-6,10H2,1H3,(H,18,20)/t15-/m1/s1. The van der Waals surface area contributed by atoms with Crippen molar-refractivity contribution in [1.29, 1.82) is 0 Å². The molecular weight excluding hydrogens is 288 g/mol. The third-order valence-corrected chi connectivity index (χ3v) is 4.52. The zero-order valence-electron chi connectivity index (χ0n) is 12.3. The van der Waals surface area contributed by atoms with Gasteiger partial charge in [0.2, 0.25) is 0 Å². The van der Waals surface area contributed by atoms with E-state index in [0.717, 1.165) is 24.3 Å². The fourth-order valence-electron chi connectivity index (χ4n) is 3.10. The van der Waals surface area contributed by atoms with Crippen LogP contribution in [-0.4, -0.2) is 31.6 Å². The maximum absolute atomic E-state index is 12.4. The fourth-order valence-corrected chi connectivity index (χ4v) is 3.27. The minimum atomic E-state index is -0.453. The maximum Gasteiger partial charge on any atom is 0.263 e. The van der Waals surface area contributed by atoms with Crippen molar-refractivity contribution in [2.45, 2.75) is 44.2 Å². The molecule has 21 heavy (non-hydrogen) atoms. The second-order valence-corrected chi connectivity index (χ2v) is 6.38. The Morgan fingerprint density at radius 1 is 1.33 bits per heavy atom. The number of halogens is 1. The topological polar surface area (TPSA) is 41.6 Å². The molecule has 1 heterocycles. The largest absolute Gasteiger partial charge is 0.477 e. The zero-order valence-corrected chi connectivity index (χ0v) is 13.0. The summed E-state index contributed by atoms with van der Waals surface area (Å²) in [6, 6.07) is 5.79. The molecule has 2 aliphatic rings. The normalized spacial score (nSPS) is 22.4. The SMILES string of the molecule is CN1C[C@H](C(=O)NC2CCCCC2)Oc2ccc(Cl)cc21. The first-order valence-electron chi connectivity index (χ1n) is 7.61. The van der Waals surface area contributed by atoms with Crippen molar-refractivity contribution in [2.75, 3.05) is 18.5 Å². The van der Waals surface area contributed by atoms with E-state index < -0.39 is 6.10 Å². The van der Waals surface area contributed by atoms with Gasteiger partial charge in [0.05, 0.1) is 12.2 Å². The van der Waals surface area contributed by atoms with Crippen LogP contribution >= 0.6 is 11.6 Å². The number of benzene rings is 1. The van der Waals surface area contributed by atoms with Crippen molar-refractivity contribution in [3.8, 4) is 5.75 Å². The van der Waals surface area contributed by atoms with Crippen LogP contribution in [0, 0.1) is 0 Å². The molecule has 0 spiro atoms. The predicted molar refractivity (Wildman–Crippen MR) is 84.2 cm³/mol. The first-order valence-corrected chi connectivity index (χ1v) is 7.99. The Morgan fingerprint density at radius 2 is 2.10 bits per heavy atom. The fraction of sp³-hybridized carbons (Fsp3) is 0.562. The summed E-state index contributed by atoms with van der Waals surface area (Å²) >= 11 is 6.01. The van der Waals surface area contributed by atoms with Gasteiger partial charge < -0.3 is 15.0 Å². The lowest BCUT2D eigenvalue weighted by atomic mass is 9.95. The summed E-state index contributed by atoms with van der Waals surface area (Å²) in [5.74, 6) is 0.714. The Kier molecular flexibility index (Phi) is 4.24. The molecule has 0 aromatic heterocycles. The molecule has 1 amide bonds. The molecule has 1 aliphatic heterocycles. The van der Waals surface area contributed by atoms with E-state index in [1.54, 1.807) is 6.07 Å². The molecular formula is C16H21ClN2O2. The lowest BCUT2D eigenvalue weighted by Crippen LogP contribution is -2.50. The smallest absolute Gasteiger partial charge is 0.263 e. The van der Waals surface area contributed by atoms with Crippen molar-refractivity contribution >= 4 is 23.2 Å². The van der Waals surface area contributed by atoms with Crippen LogP contribution in [0.5, 0.6) is 5.75 Å². The van der Waals surface area contributed by atoms with E-state index in [1.807, 2.05) is 24.1 Å². The molecule has 0 saturated heterocycles. The van der Waals surface area contributed by atoms with Crippen molar-refractivity contribution < 1.29 is 9.53 Å². The molecule has 1 aromatic carbocycles. The van der Waals surface area contributed by atoms with Crippen LogP contribution in [0.15, 0.2) is 18.2 Å². The van der Waals surface area contributed by atoms with E-state index in [4.69, 9.17) is 16.3 Å². The molecule has 0 radical (unpaired) electrons. The Morgan fingerprint density at radius 3 is 2.86 bits per heavy atom. The maximum atomic E-state index is 12.4. The summed E-state index contributed by atoms with van der Waals surface area (Å²) in [4.78, 5) is 14.4. The summed E-state index contributed by atoms with van der Waals surface area (Å²) in [7, 11) is 1.96. The average molecular weight is 309 g/mol. The van der Waals surface area contributed by atoms with Gasteiger partial charge in [-0.1, -0.05) is 30.9 Å². The Bertz CT molecular complexity index is 529. The summed E-state index contributed by atoms with van der Waals surface area (Å²) in [6.07, 6.45) is 5.41. The second-order valence-electron chi connectivity index (χ2n) is 5.94. The van der Waals surface area contributed by atoms with Gasteiger partial charge in [0.15, 0.2) is 6.10 Å². The number of hydrogen-bond donors (Lipinski definition) is 1. The number of nitrogens with zero attached hydrogens (tertiary/aromatic N) is 1. The quantitative estimate of drug-likeness (QED) is 0.913. The van der Waals surface area contributed by atoms with Gasteiger partial charge in [0.25, 0.3) is 5.91 Å². The monoisotopic (exact) mass is 308 g/mol. The van der Waals surface area contributed by atoms with Gasteiger partial charge in [-0.3, -0.25) is 4.79 Å². The van der Waals surface area contributed by atoms with Gasteiger partial charge >= 0.3 is 0 Å². The number of carbonyl (C=O) groups excluding carboxylic acids is 1. The summed E-state index contributed by atoms with van der Waals surface area (Å²) in [5, 5.41) is 3.81. The minimum absolute atomic E-state index is 0.00523. The van der Waals surface area contributed by atoms with Crippen LogP contribution in [0.4, 0.5) is 5.69 Å². The summed E-state index contributed by atoms with van der Waals surface area (Å²) < 4.78 is 5.85. The summed E-state index contributed by atoms with van der Waals surface area (Å²) in [6.45, 7) is 0.548. The molecule has 1 fully saturated rings. The van der Waals surface area contributed by atoms with Crippen LogP contribution < -0.4 is 15.0 Å². The van der Waals surface area contributed by atoms with Crippen molar-refractivity contribution in [2.24, 2.45) is 0 Å². The van der Waals surface area contributed by atoms with Crippen LogP contribution in [0.3, 0.4) is 0 Å². The molecule has 114 valence electrons. The molecule has 0 unspecified atom stereocenters. The van der Waals surface area contributed by atoms with Crippen LogP contribution in [-0.2, 0) is 4.79 Å². The first-order chi connectivity index (χ1) is 10.1. The lowest BCUT2D eigenvalue weighted by Gasteiger charge is -2.34. The van der Waals surface area contributed by atoms with E-state index in [1.165, 1.54) is 19.3 Å².